The molecule has 3 nitrogen and oxygen atoms in total. The van der Waals surface area contributed by atoms with Crippen LogP contribution in [0.15, 0.2) is 24.3 Å². The molecule has 18 heavy (non-hydrogen) atoms. The smallest absolute Gasteiger partial charge is 0.0612 e. The highest BCUT2D eigenvalue weighted by molar-refractivity contribution is 5.85. The van der Waals surface area contributed by atoms with E-state index in [0.29, 0.717) is 0 Å². The molecule has 0 radical (unpaired) electrons. The summed E-state index contributed by atoms with van der Waals surface area (Å²) in [7, 11) is 1.98. The van der Waals surface area contributed by atoms with Gasteiger partial charge in [-0.3, -0.25) is 4.68 Å². The second kappa shape index (κ2) is 4.02. The number of allylic oxidation sites excluding steroid dienone is 1. The van der Waals surface area contributed by atoms with Crippen LogP contribution >= 0.6 is 0 Å². The zero-order valence-corrected chi connectivity index (χ0v) is 10.8. The first-order valence-electron chi connectivity index (χ1n) is 6.23. The van der Waals surface area contributed by atoms with Crippen LogP contribution in [-0.4, -0.2) is 9.78 Å². The maximum atomic E-state index is 5.82. The zero-order chi connectivity index (χ0) is 12.7. The van der Waals surface area contributed by atoms with Gasteiger partial charge in [0.25, 0.3) is 0 Å². The van der Waals surface area contributed by atoms with E-state index >= 15 is 0 Å². The molecule has 0 unspecified atom stereocenters. The summed E-state index contributed by atoms with van der Waals surface area (Å²) in [5.41, 5.74) is 13.0. The zero-order valence-electron chi connectivity index (χ0n) is 10.8. The van der Waals surface area contributed by atoms with Crippen LogP contribution in [0.25, 0.3) is 11.6 Å². The first-order valence-corrected chi connectivity index (χ1v) is 6.23. The molecule has 2 aromatic rings. The summed E-state index contributed by atoms with van der Waals surface area (Å²) in [6.45, 7) is 2.02. The minimum atomic E-state index is 0.853. The van der Waals surface area contributed by atoms with E-state index in [1.54, 1.807) is 0 Å². The first kappa shape index (κ1) is 11.1. The molecular formula is C15H17N3. The van der Waals surface area contributed by atoms with Gasteiger partial charge in [0.2, 0.25) is 0 Å². The van der Waals surface area contributed by atoms with Gasteiger partial charge in [0.15, 0.2) is 0 Å². The Morgan fingerprint density at radius 1 is 1.28 bits per heavy atom. The van der Waals surface area contributed by atoms with Crippen LogP contribution in [0.1, 0.15) is 28.9 Å². The lowest BCUT2D eigenvalue weighted by molar-refractivity contribution is 0.749. The number of nitrogens with zero attached hydrogens (tertiary/aromatic N) is 2. The number of nitrogen functional groups attached to an aromatic ring is 1. The van der Waals surface area contributed by atoms with Crippen molar-refractivity contribution < 1.29 is 0 Å². The van der Waals surface area contributed by atoms with Gasteiger partial charge in [0.05, 0.1) is 11.4 Å². The minimum absolute atomic E-state index is 0.853. The van der Waals surface area contributed by atoms with E-state index in [1.165, 1.54) is 16.7 Å². The molecule has 0 saturated carbocycles. The number of fused-ring (bicyclic) bond motifs is 1. The summed E-state index contributed by atoms with van der Waals surface area (Å²) in [4.78, 5) is 0. The molecule has 0 spiro atoms. The van der Waals surface area contributed by atoms with Crippen molar-refractivity contribution in [3.63, 3.8) is 0 Å². The number of aryl methyl sites for hydroxylation is 3. The van der Waals surface area contributed by atoms with Crippen molar-refractivity contribution in [2.45, 2.75) is 19.8 Å². The Morgan fingerprint density at radius 3 is 2.83 bits per heavy atom. The fraction of sp³-hybridized carbons (Fsp3) is 0.267. The first-order chi connectivity index (χ1) is 8.63. The number of aromatic nitrogens is 2. The lowest BCUT2D eigenvalue weighted by Gasteiger charge is -2.02. The molecule has 3 heteroatoms. The third kappa shape index (κ3) is 1.82. The van der Waals surface area contributed by atoms with Gasteiger partial charge in [-0.1, -0.05) is 6.07 Å². The SMILES string of the molecule is Cc1cc(C=C2CCc3cc(N)ccc32)n(C)n1. The van der Waals surface area contributed by atoms with E-state index in [4.69, 9.17) is 5.73 Å². The Bertz CT molecular complexity index is 635. The van der Waals surface area contributed by atoms with Gasteiger partial charge < -0.3 is 5.73 Å². The fourth-order valence-electron chi connectivity index (χ4n) is 2.63. The van der Waals surface area contributed by atoms with Crippen molar-refractivity contribution in [3.8, 4) is 0 Å². The van der Waals surface area contributed by atoms with Gasteiger partial charge in [0.1, 0.15) is 0 Å². The Balaban J connectivity index is 2.04. The summed E-state index contributed by atoms with van der Waals surface area (Å²) in [5.74, 6) is 0. The number of hydrogen-bond acceptors (Lipinski definition) is 2. The van der Waals surface area contributed by atoms with E-state index in [9.17, 15) is 0 Å². The molecule has 0 saturated heterocycles. The molecule has 0 bridgehead atoms. The standard InChI is InChI=1S/C15H17N3/c1-10-7-14(18(2)17-10)9-12-4-3-11-8-13(16)5-6-15(11)12/h5-9H,3-4,16H2,1-2H3. The van der Waals surface area contributed by atoms with Crippen LogP contribution in [-0.2, 0) is 13.5 Å². The third-order valence-corrected chi connectivity index (χ3v) is 3.50. The molecule has 1 aliphatic carbocycles. The van der Waals surface area contributed by atoms with Crippen LogP contribution in [0, 0.1) is 6.92 Å². The Kier molecular flexibility index (Phi) is 2.47. The molecule has 2 N–H and O–H groups in total. The van der Waals surface area contributed by atoms with Gasteiger partial charge in [-0.15, -0.1) is 0 Å². The van der Waals surface area contributed by atoms with Gasteiger partial charge in [-0.2, -0.15) is 5.10 Å². The van der Waals surface area contributed by atoms with Crippen molar-refractivity contribution in [2.24, 2.45) is 7.05 Å². The molecule has 1 heterocycles. The summed E-state index contributed by atoms with van der Waals surface area (Å²) in [5, 5.41) is 4.38. The fourth-order valence-corrected chi connectivity index (χ4v) is 2.63. The summed E-state index contributed by atoms with van der Waals surface area (Å²) >= 11 is 0. The van der Waals surface area contributed by atoms with Gasteiger partial charge >= 0.3 is 0 Å². The number of nitrogens with two attached hydrogens (primary N) is 1. The van der Waals surface area contributed by atoms with Gasteiger partial charge in [0, 0.05) is 12.7 Å². The highest BCUT2D eigenvalue weighted by atomic mass is 15.3. The normalized spacial score (nSPS) is 16.2. The van der Waals surface area contributed by atoms with Crippen LogP contribution in [0.4, 0.5) is 5.69 Å². The number of hydrogen-bond donors (Lipinski definition) is 1. The molecular weight excluding hydrogens is 222 g/mol. The van der Waals surface area contributed by atoms with E-state index in [1.807, 2.05) is 24.7 Å². The maximum absolute atomic E-state index is 5.82. The predicted octanol–water partition coefficient (Wildman–Crippen LogP) is 2.80. The average molecular weight is 239 g/mol. The van der Waals surface area contributed by atoms with Crippen molar-refractivity contribution >= 4 is 17.3 Å². The minimum Gasteiger partial charge on any atom is -0.399 e. The average Bonchev–Trinajstić information content (AvgIpc) is 2.84. The van der Waals surface area contributed by atoms with Crippen LogP contribution in [0.5, 0.6) is 0 Å². The van der Waals surface area contributed by atoms with E-state index in [0.717, 1.165) is 29.9 Å². The summed E-state index contributed by atoms with van der Waals surface area (Å²) in [6, 6.07) is 8.31. The molecule has 1 aliphatic rings. The lowest BCUT2D eigenvalue weighted by Crippen LogP contribution is -1.93. The molecule has 1 aromatic carbocycles. The summed E-state index contributed by atoms with van der Waals surface area (Å²) < 4.78 is 1.93. The highest BCUT2D eigenvalue weighted by Crippen LogP contribution is 2.34. The molecule has 1 aromatic heterocycles. The van der Waals surface area contributed by atoms with Gasteiger partial charge in [-0.25, -0.2) is 0 Å². The Hall–Kier alpha value is -2.03. The molecule has 0 aliphatic heterocycles. The van der Waals surface area contributed by atoms with Crippen molar-refractivity contribution in [3.05, 3.63) is 46.8 Å². The summed E-state index contributed by atoms with van der Waals surface area (Å²) in [6.07, 6.45) is 4.41. The molecule has 92 valence electrons. The number of anilines is 1. The number of rotatable bonds is 1. The molecule has 0 atom stereocenters. The molecule has 0 amide bonds. The Morgan fingerprint density at radius 2 is 2.11 bits per heavy atom. The highest BCUT2D eigenvalue weighted by Gasteiger charge is 2.16. The van der Waals surface area contributed by atoms with Crippen LogP contribution < -0.4 is 5.73 Å². The van der Waals surface area contributed by atoms with E-state index in [2.05, 4.69) is 29.4 Å². The van der Waals surface area contributed by atoms with Gasteiger partial charge in [-0.05, 0) is 60.7 Å². The van der Waals surface area contributed by atoms with E-state index < -0.39 is 0 Å². The Labute approximate surface area is 107 Å². The van der Waals surface area contributed by atoms with E-state index in [-0.39, 0.29) is 0 Å². The van der Waals surface area contributed by atoms with Crippen molar-refractivity contribution in [1.82, 2.24) is 9.78 Å². The third-order valence-electron chi connectivity index (χ3n) is 3.50. The molecule has 3 rings (SSSR count). The molecule has 0 fully saturated rings. The quantitative estimate of drug-likeness (QED) is 0.778. The largest absolute Gasteiger partial charge is 0.399 e. The second-order valence-corrected chi connectivity index (χ2v) is 4.92. The lowest BCUT2D eigenvalue weighted by atomic mass is 10.1. The maximum Gasteiger partial charge on any atom is 0.0612 e. The topological polar surface area (TPSA) is 43.8 Å². The van der Waals surface area contributed by atoms with Crippen molar-refractivity contribution in [1.29, 1.82) is 0 Å². The number of benzene rings is 1. The predicted molar refractivity (Wildman–Crippen MR) is 75.0 cm³/mol. The van der Waals surface area contributed by atoms with Crippen LogP contribution in [0.2, 0.25) is 0 Å². The second-order valence-electron chi connectivity index (χ2n) is 4.92. The van der Waals surface area contributed by atoms with Crippen molar-refractivity contribution in [2.75, 3.05) is 5.73 Å². The van der Waals surface area contributed by atoms with Crippen LogP contribution in [0.3, 0.4) is 0 Å². The monoisotopic (exact) mass is 239 g/mol.